The first-order chi connectivity index (χ1) is 4.74. The average molecular weight is 158 g/mol. The summed E-state index contributed by atoms with van der Waals surface area (Å²) in [6, 6.07) is 0. The Balaban J connectivity index is 2.35. The normalized spacial score (nSPS) is 25.3. The lowest BCUT2D eigenvalue weighted by Gasteiger charge is -2.14. The molecule has 0 aromatic heterocycles. The number of nitrogens with zero attached hydrogens (tertiary/aromatic N) is 1. The molecule has 0 spiro atoms. The van der Waals surface area contributed by atoms with Gasteiger partial charge in [-0.3, -0.25) is 0 Å². The van der Waals surface area contributed by atoms with E-state index in [1.165, 1.54) is 12.8 Å². The Morgan fingerprint density at radius 2 is 2.50 bits per heavy atom. The Hall–Kier alpha value is -0.310. The zero-order valence-corrected chi connectivity index (χ0v) is 7.16. The molecular weight excluding hydrogens is 144 g/mol. The van der Waals surface area contributed by atoms with Gasteiger partial charge in [0, 0.05) is 13.1 Å². The summed E-state index contributed by atoms with van der Waals surface area (Å²) < 4.78 is 0. The monoisotopic (exact) mass is 158 g/mol. The molecule has 1 fully saturated rings. The SMILES string of the molecule is CC[C@H]1CCN(C(N)=S)C1. The van der Waals surface area contributed by atoms with Crippen LogP contribution in [0, 0.1) is 5.92 Å². The standard InChI is InChI=1S/C7H14N2S/c1-2-6-3-4-9(5-6)7(8)10/h6H,2-5H2,1H3,(H2,8,10)/t6-/m0/s1. The third-order valence-corrected chi connectivity index (χ3v) is 2.43. The molecule has 10 heavy (non-hydrogen) atoms. The van der Waals surface area contributed by atoms with Crippen molar-refractivity contribution < 1.29 is 0 Å². The summed E-state index contributed by atoms with van der Waals surface area (Å²) in [4.78, 5) is 2.09. The second kappa shape index (κ2) is 3.19. The van der Waals surface area contributed by atoms with E-state index in [-0.39, 0.29) is 0 Å². The molecule has 0 amide bonds. The van der Waals surface area contributed by atoms with Crippen molar-refractivity contribution in [3.05, 3.63) is 0 Å². The summed E-state index contributed by atoms with van der Waals surface area (Å²) in [7, 11) is 0. The summed E-state index contributed by atoms with van der Waals surface area (Å²) >= 11 is 4.86. The fraction of sp³-hybridized carbons (Fsp3) is 0.857. The van der Waals surface area contributed by atoms with Crippen LogP contribution < -0.4 is 5.73 Å². The van der Waals surface area contributed by atoms with E-state index in [2.05, 4.69) is 11.8 Å². The summed E-state index contributed by atoms with van der Waals surface area (Å²) in [6.07, 6.45) is 2.51. The Bertz CT molecular complexity index is 136. The molecule has 0 radical (unpaired) electrons. The van der Waals surface area contributed by atoms with Gasteiger partial charge in [0.1, 0.15) is 0 Å². The molecule has 0 unspecified atom stereocenters. The summed E-state index contributed by atoms with van der Waals surface area (Å²) in [5, 5.41) is 0.566. The Morgan fingerprint density at radius 1 is 1.80 bits per heavy atom. The number of nitrogens with two attached hydrogens (primary N) is 1. The van der Waals surface area contributed by atoms with Gasteiger partial charge in [-0.15, -0.1) is 0 Å². The van der Waals surface area contributed by atoms with Crippen molar-refractivity contribution in [2.75, 3.05) is 13.1 Å². The molecule has 1 atom stereocenters. The van der Waals surface area contributed by atoms with Gasteiger partial charge in [0.05, 0.1) is 0 Å². The lowest BCUT2D eigenvalue weighted by atomic mass is 10.1. The number of rotatable bonds is 1. The maximum atomic E-state index is 5.47. The number of likely N-dealkylation sites (tertiary alicyclic amines) is 1. The fourth-order valence-electron chi connectivity index (χ4n) is 1.37. The highest BCUT2D eigenvalue weighted by Gasteiger charge is 2.20. The van der Waals surface area contributed by atoms with Crippen LogP contribution in [-0.2, 0) is 0 Å². The first-order valence-corrected chi connectivity index (χ1v) is 4.19. The van der Waals surface area contributed by atoms with Crippen molar-refractivity contribution in [1.82, 2.24) is 4.90 Å². The molecule has 2 nitrogen and oxygen atoms in total. The molecule has 1 saturated heterocycles. The smallest absolute Gasteiger partial charge is 0.166 e. The van der Waals surface area contributed by atoms with E-state index in [9.17, 15) is 0 Å². The second-order valence-electron chi connectivity index (χ2n) is 2.85. The summed E-state index contributed by atoms with van der Waals surface area (Å²) in [6.45, 7) is 4.35. The minimum absolute atomic E-state index is 0.566. The van der Waals surface area contributed by atoms with Crippen LogP contribution in [0.25, 0.3) is 0 Å². The first-order valence-electron chi connectivity index (χ1n) is 3.78. The number of hydrogen-bond acceptors (Lipinski definition) is 1. The van der Waals surface area contributed by atoms with Gasteiger partial charge < -0.3 is 10.6 Å². The molecule has 1 rings (SSSR count). The molecule has 0 bridgehead atoms. The molecule has 0 saturated carbocycles. The van der Waals surface area contributed by atoms with Crippen molar-refractivity contribution in [3.63, 3.8) is 0 Å². The molecule has 1 heterocycles. The van der Waals surface area contributed by atoms with Crippen LogP contribution in [0.3, 0.4) is 0 Å². The number of thiocarbonyl (C=S) groups is 1. The Kier molecular flexibility index (Phi) is 2.49. The van der Waals surface area contributed by atoms with E-state index < -0.39 is 0 Å². The lowest BCUT2D eigenvalue weighted by Crippen LogP contribution is -2.33. The minimum Gasteiger partial charge on any atom is -0.376 e. The highest BCUT2D eigenvalue weighted by atomic mass is 32.1. The van der Waals surface area contributed by atoms with Crippen LogP contribution in [0.1, 0.15) is 19.8 Å². The molecule has 58 valence electrons. The van der Waals surface area contributed by atoms with Crippen LogP contribution in [0.2, 0.25) is 0 Å². The molecule has 1 aliphatic rings. The third kappa shape index (κ3) is 1.59. The molecule has 0 aromatic rings. The molecular formula is C7H14N2S. The van der Waals surface area contributed by atoms with Gasteiger partial charge in [-0.05, 0) is 24.6 Å². The van der Waals surface area contributed by atoms with E-state index in [4.69, 9.17) is 18.0 Å². The van der Waals surface area contributed by atoms with Gasteiger partial charge in [0.15, 0.2) is 5.11 Å². The molecule has 2 N–H and O–H groups in total. The van der Waals surface area contributed by atoms with E-state index in [1.54, 1.807) is 0 Å². The molecule has 1 aliphatic heterocycles. The van der Waals surface area contributed by atoms with Crippen molar-refractivity contribution in [2.24, 2.45) is 11.7 Å². The van der Waals surface area contributed by atoms with Crippen molar-refractivity contribution in [2.45, 2.75) is 19.8 Å². The maximum absolute atomic E-state index is 5.47. The van der Waals surface area contributed by atoms with Crippen molar-refractivity contribution in [3.8, 4) is 0 Å². The second-order valence-corrected chi connectivity index (χ2v) is 3.27. The maximum Gasteiger partial charge on any atom is 0.166 e. The molecule has 3 heteroatoms. The average Bonchev–Trinajstić information content (AvgIpc) is 2.34. The number of hydrogen-bond donors (Lipinski definition) is 1. The van der Waals surface area contributed by atoms with Crippen LogP contribution >= 0.6 is 12.2 Å². The van der Waals surface area contributed by atoms with Gasteiger partial charge in [-0.25, -0.2) is 0 Å². The van der Waals surface area contributed by atoms with E-state index in [0.29, 0.717) is 5.11 Å². The fourth-order valence-corrected chi connectivity index (χ4v) is 1.53. The van der Waals surface area contributed by atoms with Crippen LogP contribution in [0.5, 0.6) is 0 Å². The van der Waals surface area contributed by atoms with Crippen LogP contribution in [0.15, 0.2) is 0 Å². The topological polar surface area (TPSA) is 29.3 Å². The predicted molar refractivity (Wildman–Crippen MR) is 46.8 cm³/mol. The van der Waals surface area contributed by atoms with Crippen molar-refractivity contribution >= 4 is 17.3 Å². The largest absolute Gasteiger partial charge is 0.376 e. The Morgan fingerprint density at radius 3 is 2.80 bits per heavy atom. The third-order valence-electron chi connectivity index (χ3n) is 2.17. The summed E-state index contributed by atoms with van der Waals surface area (Å²) in [5.41, 5.74) is 5.47. The predicted octanol–water partition coefficient (Wildman–Crippen LogP) is 0.962. The van der Waals surface area contributed by atoms with Gasteiger partial charge in [-0.1, -0.05) is 13.3 Å². The highest BCUT2D eigenvalue weighted by Crippen LogP contribution is 2.18. The van der Waals surface area contributed by atoms with E-state index in [1.807, 2.05) is 0 Å². The zero-order chi connectivity index (χ0) is 7.56. The minimum atomic E-state index is 0.566. The zero-order valence-electron chi connectivity index (χ0n) is 6.34. The van der Waals surface area contributed by atoms with E-state index >= 15 is 0 Å². The van der Waals surface area contributed by atoms with Gasteiger partial charge in [-0.2, -0.15) is 0 Å². The summed E-state index contributed by atoms with van der Waals surface area (Å²) in [5.74, 6) is 0.821. The van der Waals surface area contributed by atoms with Gasteiger partial charge in [0.2, 0.25) is 0 Å². The quantitative estimate of drug-likeness (QED) is 0.576. The lowest BCUT2D eigenvalue weighted by molar-refractivity contribution is 0.475. The van der Waals surface area contributed by atoms with Gasteiger partial charge in [0.25, 0.3) is 0 Å². The first kappa shape index (κ1) is 7.79. The molecule has 0 aromatic carbocycles. The highest BCUT2D eigenvalue weighted by molar-refractivity contribution is 7.80. The van der Waals surface area contributed by atoms with Crippen LogP contribution in [-0.4, -0.2) is 23.1 Å². The van der Waals surface area contributed by atoms with Crippen molar-refractivity contribution in [1.29, 1.82) is 0 Å². The van der Waals surface area contributed by atoms with Crippen LogP contribution in [0.4, 0.5) is 0 Å². The van der Waals surface area contributed by atoms with Gasteiger partial charge >= 0.3 is 0 Å². The molecule has 0 aliphatic carbocycles. The van der Waals surface area contributed by atoms with E-state index in [0.717, 1.165) is 19.0 Å². The Labute approximate surface area is 67.4 Å².